The quantitative estimate of drug-likeness (QED) is 0.554. The van der Waals surface area contributed by atoms with Gasteiger partial charge >= 0.3 is 6.05 Å². The van der Waals surface area contributed by atoms with Crippen molar-refractivity contribution in [1.29, 1.82) is 0 Å². The van der Waals surface area contributed by atoms with E-state index in [2.05, 4.69) is 6.58 Å². The lowest BCUT2D eigenvalue weighted by Crippen LogP contribution is -2.47. The van der Waals surface area contributed by atoms with Gasteiger partial charge in [-0.25, -0.2) is 0 Å². The molecule has 0 radical (unpaired) electrons. The standard InChI is InChI=1S/C9H15F2N/c1-7(2)12-8(3)5-4-6-9(12,10)11/h7H,3-6H2,1-2H3. The third kappa shape index (κ3) is 1.59. The molecule has 70 valence electrons. The Kier molecular flexibility index (Phi) is 2.40. The molecular formula is C9H15F2N. The lowest BCUT2D eigenvalue weighted by Gasteiger charge is -2.41. The minimum atomic E-state index is -2.68. The Balaban J connectivity index is 2.81. The Labute approximate surface area is 72.1 Å². The third-order valence-electron chi connectivity index (χ3n) is 2.15. The summed E-state index contributed by atoms with van der Waals surface area (Å²) in [7, 11) is 0. The first-order valence-corrected chi connectivity index (χ1v) is 4.30. The zero-order valence-corrected chi connectivity index (χ0v) is 7.61. The zero-order chi connectivity index (χ0) is 9.35. The highest BCUT2D eigenvalue weighted by atomic mass is 19.3. The number of alkyl halides is 2. The minimum absolute atomic E-state index is 0.0375. The molecule has 1 nitrogen and oxygen atoms in total. The number of hydrogen-bond donors (Lipinski definition) is 0. The van der Waals surface area contributed by atoms with Crippen LogP contribution in [0.5, 0.6) is 0 Å². The number of nitrogens with zero attached hydrogens (tertiary/aromatic N) is 1. The van der Waals surface area contributed by atoms with Crippen molar-refractivity contribution in [3.63, 3.8) is 0 Å². The highest BCUT2D eigenvalue weighted by molar-refractivity contribution is 5.02. The SMILES string of the molecule is C=C1CCCC(F)(F)N1C(C)C. The molecule has 12 heavy (non-hydrogen) atoms. The van der Waals surface area contributed by atoms with E-state index in [9.17, 15) is 8.78 Å². The van der Waals surface area contributed by atoms with Crippen LogP contribution in [-0.4, -0.2) is 17.0 Å². The number of piperidine rings is 1. The van der Waals surface area contributed by atoms with E-state index in [1.807, 2.05) is 0 Å². The van der Waals surface area contributed by atoms with Crippen molar-refractivity contribution in [2.75, 3.05) is 0 Å². The normalized spacial score (nSPS) is 23.4. The smallest absolute Gasteiger partial charge is 0.315 e. The summed E-state index contributed by atoms with van der Waals surface area (Å²) in [6.45, 7) is 7.19. The van der Waals surface area contributed by atoms with E-state index < -0.39 is 6.05 Å². The summed E-state index contributed by atoms with van der Waals surface area (Å²) in [5.41, 5.74) is 0.571. The Morgan fingerprint density at radius 2 is 2.08 bits per heavy atom. The lowest BCUT2D eigenvalue weighted by atomic mass is 10.0. The Hall–Kier alpha value is -0.600. The molecule has 0 bridgehead atoms. The van der Waals surface area contributed by atoms with Crippen LogP contribution in [0.15, 0.2) is 12.3 Å². The molecule has 1 fully saturated rings. The number of rotatable bonds is 1. The largest absolute Gasteiger partial charge is 0.325 e. The molecule has 1 aliphatic rings. The average Bonchev–Trinajstić information content (AvgIpc) is 1.82. The van der Waals surface area contributed by atoms with E-state index in [0.29, 0.717) is 18.5 Å². The monoisotopic (exact) mass is 175 g/mol. The third-order valence-corrected chi connectivity index (χ3v) is 2.15. The maximum atomic E-state index is 13.2. The number of allylic oxidation sites excluding steroid dienone is 1. The molecule has 0 unspecified atom stereocenters. The second-order valence-electron chi connectivity index (χ2n) is 3.55. The van der Waals surface area contributed by atoms with Gasteiger partial charge in [0.2, 0.25) is 0 Å². The zero-order valence-electron chi connectivity index (χ0n) is 7.61. The molecule has 0 spiro atoms. The molecule has 1 aliphatic heterocycles. The van der Waals surface area contributed by atoms with Gasteiger partial charge in [0.25, 0.3) is 0 Å². The molecule has 1 heterocycles. The van der Waals surface area contributed by atoms with Gasteiger partial charge in [0, 0.05) is 18.2 Å². The van der Waals surface area contributed by atoms with Crippen molar-refractivity contribution in [3.05, 3.63) is 12.3 Å². The number of halogens is 2. The van der Waals surface area contributed by atoms with Crippen LogP contribution in [-0.2, 0) is 0 Å². The number of hydrogen-bond acceptors (Lipinski definition) is 1. The van der Waals surface area contributed by atoms with E-state index in [1.54, 1.807) is 13.8 Å². The van der Waals surface area contributed by atoms with Crippen molar-refractivity contribution in [2.45, 2.75) is 45.2 Å². The van der Waals surface area contributed by atoms with Crippen LogP contribution in [0, 0.1) is 0 Å². The molecule has 3 heteroatoms. The second-order valence-corrected chi connectivity index (χ2v) is 3.55. The summed E-state index contributed by atoms with van der Waals surface area (Å²) in [4.78, 5) is 1.14. The van der Waals surface area contributed by atoms with Crippen LogP contribution >= 0.6 is 0 Å². The fourth-order valence-corrected chi connectivity index (χ4v) is 1.72. The van der Waals surface area contributed by atoms with Gasteiger partial charge < -0.3 is 4.90 Å². The molecular weight excluding hydrogens is 160 g/mol. The molecule has 0 N–H and O–H groups in total. The van der Waals surface area contributed by atoms with Crippen LogP contribution in [0.25, 0.3) is 0 Å². The van der Waals surface area contributed by atoms with Gasteiger partial charge in [-0.1, -0.05) is 6.58 Å². The van der Waals surface area contributed by atoms with Crippen molar-refractivity contribution >= 4 is 0 Å². The average molecular weight is 175 g/mol. The first-order chi connectivity index (χ1) is 5.45. The second kappa shape index (κ2) is 3.04. The molecule has 0 aromatic rings. The van der Waals surface area contributed by atoms with E-state index >= 15 is 0 Å². The van der Waals surface area contributed by atoms with Gasteiger partial charge in [-0.2, -0.15) is 8.78 Å². The summed E-state index contributed by atoms with van der Waals surface area (Å²) in [5, 5.41) is 0. The summed E-state index contributed by atoms with van der Waals surface area (Å²) in [5.74, 6) is 0. The van der Waals surface area contributed by atoms with Crippen molar-refractivity contribution < 1.29 is 8.78 Å². The van der Waals surface area contributed by atoms with Crippen LogP contribution < -0.4 is 0 Å². The predicted molar refractivity (Wildman–Crippen MR) is 44.9 cm³/mol. The Bertz CT molecular complexity index is 187. The van der Waals surface area contributed by atoms with Gasteiger partial charge in [0.15, 0.2) is 0 Å². The van der Waals surface area contributed by atoms with Gasteiger partial charge in [-0.3, -0.25) is 0 Å². The fraction of sp³-hybridized carbons (Fsp3) is 0.778. The summed E-state index contributed by atoms with van der Waals surface area (Å²) in [6, 6.07) is -2.84. The van der Waals surface area contributed by atoms with Crippen LogP contribution in [0.2, 0.25) is 0 Å². The maximum Gasteiger partial charge on any atom is 0.325 e. The molecule has 0 amide bonds. The van der Waals surface area contributed by atoms with Gasteiger partial charge in [0.05, 0.1) is 0 Å². The lowest BCUT2D eigenvalue weighted by molar-refractivity contribution is -0.160. The molecule has 1 saturated heterocycles. The molecule has 0 saturated carbocycles. The van der Waals surface area contributed by atoms with Gasteiger partial charge in [-0.15, -0.1) is 0 Å². The Morgan fingerprint density at radius 1 is 1.50 bits per heavy atom. The molecule has 0 atom stereocenters. The van der Waals surface area contributed by atoms with Gasteiger partial charge in [-0.05, 0) is 26.7 Å². The maximum absolute atomic E-state index is 13.2. The highest BCUT2D eigenvalue weighted by Gasteiger charge is 2.41. The van der Waals surface area contributed by atoms with Crippen LogP contribution in [0.1, 0.15) is 33.1 Å². The van der Waals surface area contributed by atoms with Crippen LogP contribution in [0.4, 0.5) is 8.78 Å². The fourth-order valence-electron chi connectivity index (χ4n) is 1.72. The van der Waals surface area contributed by atoms with Crippen molar-refractivity contribution in [2.24, 2.45) is 0 Å². The first-order valence-electron chi connectivity index (χ1n) is 4.30. The van der Waals surface area contributed by atoms with E-state index in [0.717, 1.165) is 4.90 Å². The summed E-state index contributed by atoms with van der Waals surface area (Å²) >= 11 is 0. The molecule has 0 aromatic heterocycles. The topological polar surface area (TPSA) is 3.24 Å². The van der Waals surface area contributed by atoms with Crippen molar-refractivity contribution in [1.82, 2.24) is 4.90 Å². The van der Waals surface area contributed by atoms with E-state index in [4.69, 9.17) is 0 Å². The molecule has 1 rings (SSSR count). The predicted octanol–water partition coefficient (Wildman–Crippen LogP) is 2.99. The Morgan fingerprint density at radius 3 is 2.42 bits per heavy atom. The van der Waals surface area contributed by atoms with Crippen LogP contribution in [0.3, 0.4) is 0 Å². The van der Waals surface area contributed by atoms with Gasteiger partial charge in [0.1, 0.15) is 0 Å². The number of likely N-dealkylation sites (tertiary alicyclic amines) is 1. The molecule has 0 aliphatic carbocycles. The summed E-state index contributed by atoms with van der Waals surface area (Å²) < 4.78 is 26.5. The van der Waals surface area contributed by atoms with Crippen molar-refractivity contribution in [3.8, 4) is 0 Å². The highest BCUT2D eigenvalue weighted by Crippen LogP contribution is 2.37. The van der Waals surface area contributed by atoms with E-state index in [1.165, 1.54) is 0 Å². The van der Waals surface area contributed by atoms with E-state index in [-0.39, 0.29) is 12.5 Å². The summed E-state index contributed by atoms with van der Waals surface area (Å²) in [6.07, 6.45) is 1.22. The first kappa shape index (κ1) is 9.49. The molecule has 0 aromatic carbocycles. The minimum Gasteiger partial charge on any atom is -0.315 e.